The molecule has 1 amide bonds. The smallest absolute Gasteiger partial charge is 0.413 e. The zero-order valence-corrected chi connectivity index (χ0v) is 14.1. The van der Waals surface area contributed by atoms with Gasteiger partial charge in [0.05, 0.1) is 0 Å². The van der Waals surface area contributed by atoms with Crippen LogP contribution >= 0.6 is 11.6 Å². The number of benzene rings is 1. The van der Waals surface area contributed by atoms with Crippen molar-refractivity contribution < 1.29 is 18.7 Å². The molecule has 0 spiro atoms. The maximum absolute atomic E-state index is 11.7. The van der Waals surface area contributed by atoms with E-state index in [1.165, 1.54) is 6.26 Å². The summed E-state index contributed by atoms with van der Waals surface area (Å²) in [5, 5.41) is 3.04. The van der Waals surface area contributed by atoms with Crippen molar-refractivity contribution in [3.05, 3.63) is 47.0 Å². The number of ketones is 1. The highest BCUT2D eigenvalue weighted by Crippen LogP contribution is 2.16. The number of aromatic nitrogens is 1. The molecular weight excluding hydrogens is 332 g/mol. The van der Waals surface area contributed by atoms with E-state index in [2.05, 4.69) is 10.3 Å². The third-order valence-electron chi connectivity index (χ3n) is 3.27. The fraction of sp³-hybridized carbons (Fsp3) is 0.353. The first-order valence-corrected chi connectivity index (χ1v) is 8.03. The normalized spacial score (nSPS) is 10.4. The molecule has 0 atom stereocenters. The van der Waals surface area contributed by atoms with Gasteiger partial charge in [-0.2, -0.15) is 4.98 Å². The molecule has 2 aromatic rings. The minimum Gasteiger partial charge on any atom is -0.447 e. The van der Waals surface area contributed by atoms with E-state index < -0.39 is 6.09 Å². The first-order chi connectivity index (χ1) is 11.5. The molecular formula is C17H19ClN2O4. The van der Waals surface area contributed by atoms with Gasteiger partial charge in [0.1, 0.15) is 18.7 Å². The maximum Gasteiger partial charge on any atom is 0.413 e. The van der Waals surface area contributed by atoms with Crippen LogP contribution in [0.25, 0.3) is 0 Å². The number of amides is 1. The molecule has 24 heavy (non-hydrogen) atoms. The van der Waals surface area contributed by atoms with E-state index in [4.69, 9.17) is 20.8 Å². The Morgan fingerprint density at radius 3 is 2.83 bits per heavy atom. The summed E-state index contributed by atoms with van der Waals surface area (Å²) in [5.74, 6) is 0.978. The van der Waals surface area contributed by atoms with Crippen LogP contribution in [0.5, 0.6) is 0 Å². The highest BCUT2D eigenvalue weighted by molar-refractivity contribution is 6.31. The molecule has 0 saturated carbocycles. The molecule has 1 N–H and O–H groups in total. The topological polar surface area (TPSA) is 81.4 Å². The Hall–Kier alpha value is -2.34. The largest absolute Gasteiger partial charge is 0.447 e. The van der Waals surface area contributed by atoms with Gasteiger partial charge in [-0.3, -0.25) is 5.32 Å². The van der Waals surface area contributed by atoms with Gasteiger partial charge < -0.3 is 13.9 Å². The number of hydrogen-bond donors (Lipinski definition) is 1. The number of aryl methyl sites for hydroxylation is 1. The second-order valence-corrected chi connectivity index (χ2v) is 5.74. The first kappa shape index (κ1) is 18.0. The lowest BCUT2D eigenvalue weighted by molar-refractivity contribution is -0.117. The van der Waals surface area contributed by atoms with Crippen LogP contribution in [0.3, 0.4) is 0 Å². The van der Waals surface area contributed by atoms with Gasteiger partial charge >= 0.3 is 6.09 Å². The third kappa shape index (κ3) is 6.04. The number of oxazole rings is 1. The number of halogens is 1. The lowest BCUT2D eigenvalue weighted by Crippen LogP contribution is -2.13. The molecule has 6 nitrogen and oxygen atoms in total. The second kappa shape index (κ2) is 9.08. The Labute approximate surface area is 145 Å². The molecule has 7 heteroatoms. The molecule has 0 aliphatic carbocycles. The van der Waals surface area contributed by atoms with Gasteiger partial charge in [0, 0.05) is 23.4 Å². The molecule has 1 aromatic heterocycles. The zero-order valence-electron chi connectivity index (χ0n) is 13.4. The maximum atomic E-state index is 11.7. The molecule has 1 aromatic carbocycles. The quantitative estimate of drug-likeness (QED) is 0.714. The van der Waals surface area contributed by atoms with Gasteiger partial charge in [-0.05, 0) is 25.8 Å². The Balaban J connectivity index is 1.74. The van der Waals surface area contributed by atoms with Gasteiger partial charge in [-0.15, -0.1) is 0 Å². The van der Waals surface area contributed by atoms with Gasteiger partial charge in [0.15, 0.2) is 11.7 Å². The number of nitrogens with zero attached hydrogens (tertiary/aromatic N) is 1. The molecule has 0 bridgehead atoms. The fourth-order valence-corrected chi connectivity index (χ4v) is 2.22. The predicted molar refractivity (Wildman–Crippen MR) is 90.0 cm³/mol. The van der Waals surface area contributed by atoms with Crippen molar-refractivity contribution in [1.29, 1.82) is 0 Å². The van der Waals surface area contributed by atoms with Crippen LogP contribution in [-0.4, -0.2) is 16.9 Å². The number of hydrogen-bond acceptors (Lipinski definition) is 5. The van der Waals surface area contributed by atoms with Crippen LogP contribution in [0.2, 0.25) is 5.02 Å². The fourth-order valence-electron chi connectivity index (χ4n) is 2.03. The predicted octanol–water partition coefficient (Wildman–Crippen LogP) is 4.38. The second-order valence-electron chi connectivity index (χ2n) is 5.33. The van der Waals surface area contributed by atoms with Crippen molar-refractivity contribution >= 4 is 29.3 Å². The summed E-state index contributed by atoms with van der Waals surface area (Å²) in [6, 6.07) is 7.14. The molecule has 0 fully saturated rings. The first-order valence-electron chi connectivity index (χ1n) is 7.65. The number of ether oxygens (including phenoxy) is 1. The third-order valence-corrected chi connectivity index (χ3v) is 3.64. The Bertz CT molecular complexity index is 699. The number of carbonyl (C=O) groups excluding carboxylic acids is 2. The summed E-state index contributed by atoms with van der Waals surface area (Å²) in [7, 11) is 0. The average molecular weight is 351 g/mol. The van der Waals surface area contributed by atoms with Gasteiger partial charge in [-0.25, -0.2) is 4.79 Å². The van der Waals surface area contributed by atoms with Crippen LogP contribution < -0.4 is 5.32 Å². The van der Waals surface area contributed by atoms with Crippen molar-refractivity contribution in [3.8, 4) is 0 Å². The van der Waals surface area contributed by atoms with Crippen LogP contribution in [0.1, 0.15) is 37.6 Å². The van der Waals surface area contributed by atoms with Crippen LogP contribution in [0.15, 0.2) is 34.9 Å². The molecule has 0 unspecified atom stereocenters. The Morgan fingerprint density at radius 2 is 2.08 bits per heavy atom. The molecule has 128 valence electrons. The van der Waals surface area contributed by atoms with Crippen molar-refractivity contribution in [2.75, 3.05) is 5.32 Å². The van der Waals surface area contributed by atoms with E-state index in [0.717, 1.165) is 18.4 Å². The minimum absolute atomic E-state index is 0.0707. The lowest BCUT2D eigenvalue weighted by Gasteiger charge is -2.06. The number of anilines is 1. The minimum atomic E-state index is -0.633. The SMILES string of the molecule is CC(=O)CCCCc1nc(NC(=O)OCc2ccccc2Cl)co1. The van der Waals surface area contributed by atoms with E-state index >= 15 is 0 Å². The molecule has 0 aliphatic rings. The molecule has 2 rings (SSSR count). The number of Topliss-reactive ketones (excluding diaryl/α,β-unsaturated/α-hetero) is 1. The Morgan fingerprint density at radius 1 is 1.29 bits per heavy atom. The van der Waals surface area contributed by atoms with Gasteiger partial charge in [-0.1, -0.05) is 29.8 Å². The van der Waals surface area contributed by atoms with E-state index in [1.54, 1.807) is 25.1 Å². The number of carbonyl (C=O) groups is 2. The Kier molecular flexibility index (Phi) is 6.81. The van der Waals surface area contributed by atoms with E-state index in [9.17, 15) is 9.59 Å². The number of nitrogens with one attached hydrogen (secondary N) is 1. The molecule has 1 heterocycles. The van der Waals surface area contributed by atoms with E-state index in [-0.39, 0.29) is 12.4 Å². The number of rotatable bonds is 8. The summed E-state index contributed by atoms with van der Waals surface area (Å²) in [4.78, 5) is 26.8. The van der Waals surface area contributed by atoms with Crippen molar-refractivity contribution in [3.63, 3.8) is 0 Å². The highest BCUT2D eigenvalue weighted by atomic mass is 35.5. The van der Waals surface area contributed by atoms with Crippen molar-refractivity contribution in [2.45, 2.75) is 39.2 Å². The highest BCUT2D eigenvalue weighted by Gasteiger charge is 2.10. The summed E-state index contributed by atoms with van der Waals surface area (Å²) < 4.78 is 10.4. The van der Waals surface area contributed by atoms with Crippen molar-refractivity contribution in [2.24, 2.45) is 0 Å². The summed E-state index contributed by atoms with van der Waals surface area (Å²) in [6.07, 6.45) is 3.49. The summed E-state index contributed by atoms with van der Waals surface area (Å²) >= 11 is 5.99. The van der Waals surface area contributed by atoms with Gasteiger partial charge in [0.2, 0.25) is 0 Å². The molecule has 0 saturated heterocycles. The van der Waals surface area contributed by atoms with E-state index in [0.29, 0.717) is 29.6 Å². The van der Waals surface area contributed by atoms with Gasteiger partial charge in [0.25, 0.3) is 0 Å². The standard InChI is InChI=1S/C17H19ClN2O4/c1-12(21)6-2-5-9-16-19-15(11-23-16)20-17(22)24-10-13-7-3-4-8-14(13)18/h3-4,7-8,11H,2,5-6,9-10H2,1H3,(H,20,22). The average Bonchev–Trinajstić information content (AvgIpc) is 2.98. The van der Waals surface area contributed by atoms with Crippen LogP contribution in [0, 0.1) is 0 Å². The summed E-state index contributed by atoms with van der Waals surface area (Å²) in [5.41, 5.74) is 0.723. The number of unbranched alkanes of at least 4 members (excludes halogenated alkanes) is 1. The van der Waals surface area contributed by atoms with E-state index in [1.807, 2.05) is 6.07 Å². The molecule has 0 aliphatic heterocycles. The van der Waals surface area contributed by atoms with Crippen LogP contribution in [-0.2, 0) is 22.6 Å². The lowest BCUT2D eigenvalue weighted by atomic mass is 10.1. The van der Waals surface area contributed by atoms with Crippen molar-refractivity contribution in [1.82, 2.24) is 4.98 Å². The monoisotopic (exact) mass is 350 g/mol. The summed E-state index contributed by atoms with van der Waals surface area (Å²) in [6.45, 7) is 1.64. The molecule has 0 radical (unpaired) electrons. The van der Waals surface area contributed by atoms with Crippen LogP contribution in [0.4, 0.5) is 10.6 Å². The zero-order chi connectivity index (χ0) is 17.4.